The smallest absolute Gasteiger partial charge is 0.219 e. The second-order valence-corrected chi connectivity index (χ2v) is 8.39. The first-order chi connectivity index (χ1) is 15.2. The third kappa shape index (κ3) is 5.43. The molecule has 0 aliphatic carbocycles. The lowest BCUT2D eigenvalue weighted by Gasteiger charge is -2.03. The largest absolute Gasteiger partial charge is 0.382 e. The van der Waals surface area contributed by atoms with Gasteiger partial charge < -0.3 is 14.2 Å². The molecule has 0 fully saturated rings. The van der Waals surface area contributed by atoms with Crippen LogP contribution in [0.3, 0.4) is 0 Å². The van der Waals surface area contributed by atoms with Gasteiger partial charge in [0.1, 0.15) is 32.5 Å². The molecule has 32 heavy (non-hydrogen) atoms. The van der Waals surface area contributed by atoms with Crippen LogP contribution in [0.5, 0.6) is 0 Å². The number of carbonyl (C=O) groups excluding carboxylic acids is 1. The van der Waals surface area contributed by atoms with E-state index in [2.05, 4.69) is 52.4 Å². The maximum atomic E-state index is 12.0. The van der Waals surface area contributed by atoms with Crippen LogP contribution in [-0.2, 0) is 26.9 Å². The number of carbonyl (C=O) groups is 1. The first kappa shape index (κ1) is 24.1. The van der Waals surface area contributed by atoms with Crippen molar-refractivity contribution >= 4 is 37.6 Å². The van der Waals surface area contributed by atoms with E-state index < -0.39 is 6.10 Å². The van der Waals surface area contributed by atoms with E-state index in [0.29, 0.717) is 43.9 Å². The second kappa shape index (κ2) is 10.4. The minimum absolute atomic E-state index is 0.191. The van der Waals surface area contributed by atoms with Crippen LogP contribution >= 0.6 is 31.9 Å². The monoisotopic (exact) mass is 568 g/mol. The first-order valence-electron chi connectivity index (χ1n) is 9.75. The molecule has 0 saturated carbocycles. The van der Waals surface area contributed by atoms with E-state index in [1.165, 1.54) is 0 Å². The molecule has 0 aliphatic heterocycles. The summed E-state index contributed by atoms with van der Waals surface area (Å²) >= 11 is 6.52. The summed E-state index contributed by atoms with van der Waals surface area (Å²) in [5.41, 5.74) is 1.98. The Morgan fingerprint density at radius 2 is 1.59 bits per heavy atom. The fourth-order valence-corrected chi connectivity index (χ4v) is 3.89. The van der Waals surface area contributed by atoms with Crippen LogP contribution in [0.25, 0.3) is 0 Å². The van der Waals surface area contributed by atoms with Gasteiger partial charge in [-0.05, 0) is 31.9 Å². The van der Waals surface area contributed by atoms with E-state index in [4.69, 9.17) is 9.05 Å². The number of aliphatic hydroxyl groups is 1. The molecule has 12 heteroatoms. The molecule has 0 bridgehead atoms. The molecule has 1 N–H and O–H groups in total. The first-order valence-corrected chi connectivity index (χ1v) is 11.3. The molecule has 0 spiro atoms. The van der Waals surface area contributed by atoms with Crippen molar-refractivity contribution in [2.24, 2.45) is 14.1 Å². The average Bonchev–Trinajstić information content (AvgIpc) is 3.54. The molecule has 0 amide bonds. The third-order valence-corrected chi connectivity index (χ3v) is 5.68. The van der Waals surface area contributed by atoms with E-state index in [1.807, 2.05) is 13.8 Å². The lowest BCUT2D eigenvalue weighted by molar-refractivity contribution is 0.102. The number of aryl methyl sites for hydroxylation is 4. The van der Waals surface area contributed by atoms with Crippen molar-refractivity contribution in [1.29, 1.82) is 0 Å². The standard InChI is InChI=1S/C10H12BrN3O2.C10H10BrN3O2/c2*1-3-6-4-8(13-16-6)9(15)7-5-14(2)12-10(7)11/h4-5,9,15H,3H2,1-2H3;4-5H,3H2,1-2H3. The highest BCUT2D eigenvalue weighted by Crippen LogP contribution is 2.27. The van der Waals surface area contributed by atoms with E-state index in [0.717, 1.165) is 12.2 Å². The zero-order chi connectivity index (χ0) is 23.4. The van der Waals surface area contributed by atoms with Gasteiger partial charge in [0, 0.05) is 57.0 Å². The number of aliphatic hydroxyl groups excluding tert-OH is 1. The Bertz CT molecular complexity index is 1210. The normalized spacial score (nSPS) is 11.8. The Kier molecular flexibility index (Phi) is 7.80. The lowest BCUT2D eigenvalue weighted by Crippen LogP contribution is -2.00. The molecule has 1 unspecified atom stereocenters. The SMILES string of the molecule is CCc1cc(C(=O)c2cn(C)nc2Br)no1.CCc1cc(C(O)c2cn(C)nc2Br)no1. The summed E-state index contributed by atoms with van der Waals surface area (Å²) in [6.07, 6.45) is 4.05. The van der Waals surface area contributed by atoms with E-state index in [-0.39, 0.29) is 5.78 Å². The van der Waals surface area contributed by atoms with Gasteiger partial charge in [0.15, 0.2) is 5.69 Å². The number of aromatic nitrogens is 6. The van der Waals surface area contributed by atoms with Gasteiger partial charge in [-0.2, -0.15) is 10.2 Å². The van der Waals surface area contributed by atoms with E-state index in [1.54, 1.807) is 48.0 Å². The molecule has 0 aliphatic rings. The van der Waals surface area contributed by atoms with Gasteiger partial charge in [-0.1, -0.05) is 24.2 Å². The molecular weight excluding hydrogens is 548 g/mol. The van der Waals surface area contributed by atoms with Crippen molar-refractivity contribution < 1.29 is 18.9 Å². The van der Waals surface area contributed by atoms with Gasteiger partial charge in [0.05, 0.1) is 5.56 Å². The summed E-state index contributed by atoms with van der Waals surface area (Å²) in [7, 11) is 3.54. The summed E-state index contributed by atoms with van der Waals surface area (Å²) in [5, 5.41) is 25.8. The fraction of sp³-hybridized carbons (Fsp3) is 0.350. The molecule has 4 aromatic rings. The molecular formula is C20H22Br2N6O4. The summed E-state index contributed by atoms with van der Waals surface area (Å²) < 4.78 is 14.4. The van der Waals surface area contributed by atoms with Gasteiger partial charge in [-0.3, -0.25) is 14.2 Å². The quantitative estimate of drug-likeness (QED) is 0.348. The number of nitrogens with zero attached hydrogens (tertiary/aromatic N) is 6. The lowest BCUT2D eigenvalue weighted by atomic mass is 10.1. The van der Waals surface area contributed by atoms with E-state index >= 15 is 0 Å². The topological polar surface area (TPSA) is 125 Å². The van der Waals surface area contributed by atoms with Gasteiger partial charge in [-0.15, -0.1) is 0 Å². The van der Waals surface area contributed by atoms with Gasteiger partial charge in [-0.25, -0.2) is 0 Å². The fourth-order valence-electron chi connectivity index (χ4n) is 2.79. The van der Waals surface area contributed by atoms with Gasteiger partial charge in [0.25, 0.3) is 0 Å². The average molecular weight is 570 g/mol. The van der Waals surface area contributed by atoms with E-state index in [9.17, 15) is 9.90 Å². The zero-order valence-electron chi connectivity index (χ0n) is 17.9. The number of halogens is 2. The van der Waals surface area contributed by atoms with Crippen molar-refractivity contribution in [3.63, 3.8) is 0 Å². The van der Waals surface area contributed by atoms with Crippen LogP contribution < -0.4 is 0 Å². The second-order valence-electron chi connectivity index (χ2n) is 6.89. The van der Waals surface area contributed by atoms with Crippen molar-refractivity contribution in [3.8, 4) is 0 Å². The minimum atomic E-state index is -0.813. The Hall–Kier alpha value is -2.57. The number of rotatable bonds is 6. The van der Waals surface area contributed by atoms with Crippen LogP contribution in [0.15, 0.2) is 42.8 Å². The molecule has 4 rings (SSSR count). The van der Waals surface area contributed by atoms with Crippen LogP contribution in [0, 0.1) is 0 Å². The Labute approximate surface area is 200 Å². The van der Waals surface area contributed by atoms with Crippen LogP contribution in [0.4, 0.5) is 0 Å². The Morgan fingerprint density at radius 3 is 2.09 bits per heavy atom. The summed E-state index contributed by atoms with van der Waals surface area (Å²) in [4.78, 5) is 12.0. The Balaban J connectivity index is 0.000000181. The summed E-state index contributed by atoms with van der Waals surface area (Å²) in [6.45, 7) is 3.91. The number of hydrogen-bond acceptors (Lipinski definition) is 8. The molecule has 0 radical (unpaired) electrons. The number of hydrogen-bond donors (Lipinski definition) is 1. The maximum absolute atomic E-state index is 12.0. The molecule has 0 saturated heterocycles. The summed E-state index contributed by atoms with van der Waals surface area (Å²) in [6, 6.07) is 3.41. The molecule has 4 aromatic heterocycles. The Morgan fingerprint density at radius 1 is 1.00 bits per heavy atom. The predicted molar refractivity (Wildman–Crippen MR) is 121 cm³/mol. The predicted octanol–water partition coefficient (Wildman–Crippen LogP) is 3.78. The van der Waals surface area contributed by atoms with Crippen LogP contribution in [0.1, 0.15) is 58.8 Å². The molecule has 4 heterocycles. The highest BCUT2D eigenvalue weighted by atomic mass is 79.9. The van der Waals surface area contributed by atoms with Gasteiger partial charge in [0.2, 0.25) is 5.78 Å². The zero-order valence-corrected chi connectivity index (χ0v) is 21.1. The molecule has 0 aromatic carbocycles. The highest BCUT2D eigenvalue weighted by Gasteiger charge is 2.20. The van der Waals surface area contributed by atoms with Crippen molar-refractivity contribution in [2.75, 3.05) is 0 Å². The van der Waals surface area contributed by atoms with Crippen LogP contribution in [0.2, 0.25) is 0 Å². The van der Waals surface area contributed by atoms with Crippen molar-refractivity contribution in [3.05, 3.63) is 67.8 Å². The molecule has 10 nitrogen and oxygen atoms in total. The maximum Gasteiger partial charge on any atom is 0.219 e. The molecule has 170 valence electrons. The summed E-state index contributed by atoms with van der Waals surface area (Å²) in [5.74, 6) is 1.26. The third-order valence-electron chi connectivity index (χ3n) is 4.48. The molecule has 1 atom stereocenters. The van der Waals surface area contributed by atoms with Crippen molar-refractivity contribution in [1.82, 2.24) is 29.9 Å². The highest BCUT2D eigenvalue weighted by molar-refractivity contribution is 9.10. The number of ketones is 1. The van der Waals surface area contributed by atoms with Gasteiger partial charge >= 0.3 is 0 Å². The van der Waals surface area contributed by atoms with Crippen LogP contribution in [-0.4, -0.2) is 40.8 Å². The minimum Gasteiger partial charge on any atom is -0.382 e. The van der Waals surface area contributed by atoms with Crippen molar-refractivity contribution in [2.45, 2.75) is 32.8 Å².